The van der Waals surface area contributed by atoms with Gasteiger partial charge in [0.05, 0.1) is 28.6 Å². The molecule has 184 valence electrons. The molecule has 3 aromatic rings. The number of amides is 1. The van der Waals surface area contributed by atoms with Gasteiger partial charge in [0, 0.05) is 27.9 Å². The molecule has 0 aromatic heterocycles. The number of hydrogen-bond donors (Lipinski definition) is 1. The summed E-state index contributed by atoms with van der Waals surface area (Å²) in [7, 11) is -3.24. The number of carbonyl (C=O) groups excluding carboxylic acids is 1. The monoisotopic (exact) mass is 510 g/mol. The Morgan fingerprint density at radius 1 is 0.971 bits per heavy atom. The average Bonchev–Trinajstić information content (AvgIpc) is 2.85. The lowest BCUT2D eigenvalue weighted by Gasteiger charge is -2.36. The molecule has 0 unspecified atom stereocenters. The lowest BCUT2D eigenvalue weighted by atomic mass is 10.1. The van der Waals surface area contributed by atoms with Gasteiger partial charge >= 0.3 is 0 Å². The van der Waals surface area contributed by atoms with Gasteiger partial charge in [0.1, 0.15) is 5.75 Å². The van der Waals surface area contributed by atoms with E-state index >= 15 is 0 Å². The van der Waals surface area contributed by atoms with Gasteiger partial charge in [-0.2, -0.15) is 0 Å². The van der Waals surface area contributed by atoms with Crippen molar-refractivity contribution in [2.45, 2.75) is 55.0 Å². The van der Waals surface area contributed by atoms with Gasteiger partial charge < -0.3 is 15.0 Å². The Bertz CT molecular complexity index is 1340. The fraction of sp³-hybridized carbons (Fsp3) is 0.296. The Labute approximate surface area is 211 Å². The summed E-state index contributed by atoms with van der Waals surface area (Å²) in [6.45, 7) is 8.80. The average molecular weight is 511 g/mol. The van der Waals surface area contributed by atoms with Gasteiger partial charge in [0.15, 0.2) is 9.84 Å². The first-order valence-electron chi connectivity index (χ1n) is 11.7. The Morgan fingerprint density at radius 2 is 1.71 bits per heavy atom. The molecule has 1 aliphatic heterocycles. The van der Waals surface area contributed by atoms with Gasteiger partial charge in [0.25, 0.3) is 5.91 Å². The second-order valence-corrected chi connectivity index (χ2v) is 11.9. The molecule has 1 aliphatic rings. The fourth-order valence-corrected chi connectivity index (χ4v) is 6.00. The molecule has 0 radical (unpaired) electrons. The number of carbonyl (C=O) groups is 1. The topological polar surface area (TPSA) is 75.7 Å². The van der Waals surface area contributed by atoms with Gasteiger partial charge in [-0.3, -0.25) is 4.79 Å². The van der Waals surface area contributed by atoms with Crippen LogP contribution in [-0.2, 0) is 16.4 Å². The number of anilines is 2. The van der Waals surface area contributed by atoms with Gasteiger partial charge in [0.2, 0.25) is 0 Å². The number of ether oxygens (including phenoxy) is 1. The molecule has 0 aliphatic carbocycles. The Hall–Kier alpha value is -2.97. The summed E-state index contributed by atoms with van der Waals surface area (Å²) >= 11 is 1.68. The number of nitrogens with one attached hydrogen (secondary N) is 1. The number of fused-ring (bicyclic) bond motifs is 2. The largest absolute Gasteiger partial charge is 0.494 e. The van der Waals surface area contributed by atoms with Crippen LogP contribution in [-0.4, -0.2) is 32.7 Å². The van der Waals surface area contributed by atoms with E-state index in [1.807, 2.05) is 31.2 Å². The van der Waals surface area contributed by atoms with Crippen LogP contribution in [0.1, 0.15) is 43.6 Å². The first kappa shape index (κ1) is 25.1. The molecule has 8 heteroatoms. The molecule has 0 saturated heterocycles. The van der Waals surface area contributed by atoms with Crippen LogP contribution < -0.4 is 15.0 Å². The van der Waals surface area contributed by atoms with E-state index < -0.39 is 9.84 Å². The maximum Gasteiger partial charge on any atom is 0.251 e. The minimum atomic E-state index is -3.24. The van der Waals surface area contributed by atoms with E-state index in [0.717, 1.165) is 32.5 Å². The van der Waals surface area contributed by atoms with E-state index in [1.54, 1.807) is 43.0 Å². The molecular weight excluding hydrogens is 480 g/mol. The maximum atomic E-state index is 13.0. The van der Waals surface area contributed by atoms with Crippen molar-refractivity contribution in [3.8, 4) is 5.75 Å². The van der Waals surface area contributed by atoms with Crippen LogP contribution in [0, 0.1) is 0 Å². The second kappa shape index (κ2) is 10.3. The highest BCUT2D eigenvalue weighted by Gasteiger charge is 2.27. The van der Waals surface area contributed by atoms with Crippen molar-refractivity contribution in [3.05, 3.63) is 71.8 Å². The molecule has 1 N–H and O–H groups in total. The number of hydrogen-bond acceptors (Lipinski definition) is 6. The Morgan fingerprint density at radius 3 is 2.37 bits per heavy atom. The second-order valence-electron chi connectivity index (χ2n) is 8.54. The zero-order chi connectivity index (χ0) is 25.2. The van der Waals surface area contributed by atoms with Crippen LogP contribution in [0.15, 0.2) is 75.4 Å². The quantitative estimate of drug-likeness (QED) is 0.412. The van der Waals surface area contributed by atoms with Gasteiger partial charge in [-0.25, -0.2) is 8.42 Å². The van der Waals surface area contributed by atoms with Crippen molar-refractivity contribution in [1.82, 2.24) is 5.32 Å². The lowest BCUT2D eigenvalue weighted by molar-refractivity contribution is 0.0951. The fourth-order valence-electron chi connectivity index (χ4n) is 4.04. The molecule has 35 heavy (non-hydrogen) atoms. The SMILES string of the molecule is CCOc1ccc2c(c1)Sc1ccc(C(=O)NCc3ccc(S(=O)(=O)CC)cc3)cc1N2C(C)C. The number of nitrogens with zero attached hydrogens (tertiary/aromatic N) is 1. The van der Waals surface area contributed by atoms with Gasteiger partial charge in [-0.1, -0.05) is 30.8 Å². The number of benzene rings is 3. The Kier molecular flexibility index (Phi) is 7.42. The van der Waals surface area contributed by atoms with Gasteiger partial charge in [-0.05, 0) is 74.9 Å². The van der Waals surface area contributed by atoms with E-state index in [1.165, 1.54) is 0 Å². The third-order valence-electron chi connectivity index (χ3n) is 5.83. The van der Waals surface area contributed by atoms with E-state index in [2.05, 4.69) is 36.2 Å². The van der Waals surface area contributed by atoms with Crippen LogP contribution in [0.5, 0.6) is 5.75 Å². The normalized spacial score (nSPS) is 12.8. The highest BCUT2D eigenvalue weighted by Crippen LogP contribution is 2.50. The molecule has 3 aromatic carbocycles. The molecule has 1 heterocycles. The summed E-state index contributed by atoms with van der Waals surface area (Å²) in [4.78, 5) is 17.7. The predicted molar refractivity (Wildman–Crippen MR) is 141 cm³/mol. The lowest BCUT2D eigenvalue weighted by Crippen LogP contribution is -2.29. The van der Waals surface area contributed by atoms with Crippen molar-refractivity contribution in [3.63, 3.8) is 0 Å². The molecule has 1 amide bonds. The minimum Gasteiger partial charge on any atom is -0.494 e. The first-order chi connectivity index (χ1) is 16.7. The Balaban J connectivity index is 1.53. The highest BCUT2D eigenvalue weighted by molar-refractivity contribution is 7.99. The molecule has 0 spiro atoms. The minimum absolute atomic E-state index is 0.0608. The smallest absolute Gasteiger partial charge is 0.251 e. The van der Waals surface area contributed by atoms with Crippen molar-refractivity contribution in [2.75, 3.05) is 17.3 Å². The molecule has 0 fully saturated rings. The van der Waals surface area contributed by atoms with Crippen molar-refractivity contribution in [1.29, 1.82) is 0 Å². The van der Waals surface area contributed by atoms with Gasteiger partial charge in [-0.15, -0.1) is 0 Å². The molecule has 4 rings (SSSR count). The summed E-state index contributed by atoms with van der Waals surface area (Å²) in [5, 5.41) is 2.95. The highest BCUT2D eigenvalue weighted by atomic mass is 32.2. The standard InChI is InChI=1S/C27H30N2O4S2/c1-5-33-21-10-13-23-26(16-21)34-25-14-9-20(15-24(25)29(23)18(3)4)27(30)28-17-19-7-11-22(12-8-19)35(31,32)6-2/h7-16,18H,5-6,17H2,1-4H3,(H,28,30). The van der Waals surface area contributed by atoms with Crippen molar-refractivity contribution >= 4 is 38.9 Å². The van der Waals surface area contributed by atoms with E-state index in [9.17, 15) is 13.2 Å². The third kappa shape index (κ3) is 5.33. The first-order valence-corrected chi connectivity index (χ1v) is 14.2. The summed E-state index contributed by atoms with van der Waals surface area (Å²) in [5.41, 5.74) is 3.52. The third-order valence-corrected chi connectivity index (χ3v) is 8.70. The molecular formula is C27H30N2O4S2. The summed E-state index contributed by atoms with van der Waals surface area (Å²) in [6, 6.07) is 18.7. The number of sulfone groups is 1. The van der Waals surface area contributed by atoms with Crippen LogP contribution >= 0.6 is 11.8 Å². The molecule has 0 bridgehead atoms. The van der Waals surface area contributed by atoms with Crippen LogP contribution in [0.4, 0.5) is 11.4 Å². The maximum absolute atomic E-state index is 13.0. The van der Waals surface area contributed by atoms with Crippen LogP contribution in [0.2, 0.25) is 0 Å². The molecule has 0 atom stereocenters. The van der Waals surface area contributed by atoms with E-state index in [-0.39, 0.29) is 17.7 Å². The zero-order valence-electron chi connectivity index (χ0n) is 20.4. The van der Waals surface area contributed by atoms with Crippen molar-refractivity contribution < 1.29 is 17.9 Å². The summed E-state index contributed by atoms with van der Waals surface area (Å²) < 4.78 is 29.7. The van der Waals surface area contributed by atoms with E-state index in [0.29, 0.717) is 23.6 Å². The predicted octanol–water partition coefficient (Wildman–Crippen LogP) is 5.82. The number of rotatable bonds is 8. The molecule has 6 nitrogen and oxygen atoms in total. The van der Waals surface area contributed by atoms with Crippen molar-refractivity contribution in [2.24, 2.45) is 0 Å². The van der Waals surface area contributed by atoms with Crippen LogP contribution in [0.25, 0.3) is 0 Å². The summed E-state index contributed by atoms with van der Waals surface area (Å²) in [6.07, 6.45) is 0. The molecule has 0 saturated carbocycles. The zero-order valence-corrected chi connectivity index (χ0v) is 22.0. The van der Waals surface area contributed by atoms with Crippen LogP contribution in [0.3, 0.4) is 0 Å². The summed E-state index contributed by atoms with van der Waals surface area (Å²) in [5.74, 6) is 0.733. The van der Waals surface area contributed by atoms with E-state index in [4.69, 9.17) is 4.74 Å².